The van der Waals surface area contributed by atoms with Gasteiger partial charge in [0.05, 0.1) is 23.5 Å². The van der Waals surface area contributed by atoms with Gasteiger partial charge in [0, 0.05) is 36.2 Å². The molecule has 200 valence electrons. The molecule has 1 aliphatic rings. The first-order valence-electron chi connectivity index (χ1n) is 13.1. The molecule has 8 heteroatoms. The molecular weight excluding hydrogens is 506 g/mol. The van der Waals surface area contributed by atoms with Crippen molar-refractivity contribution in [3.8, 4) is 11.4 Å². The summed E-state index contributed by atoms with van der Waals surface area (Å²) in [4.78, 5) is 19.8. The molecule has 0 radical (unpaired) electrons. The second kappa shape index (κ2) is 10.9. The summed E-state index contributed by atoms with van der Waals surface area (Å²) in [5, 5.41) is 17.7. The highest BCUT2D eigenvalue weighted by Gasteiger charge is 2.41. The lowest BCUT2D eigenvalue weighted by Gasteiger charge is -2.28. The lowest BCUT2D eigenvalue weighted by molar-refractivity contribution is -0.116. The summed E-state index contributed by atoms with van der Waals surface area (Å²) in [7, 11) is 0. The molecule has 39 heavy (non-hydrogen) atoms. The first-order valence-corrected chi connectivity index (χ1v) is 13.5. The number of hydrogen-bond acceptors (Lipinski definition) is 4. The normalized spacial score (nSPS) is 16.8. The molecule has 1 fully saturated rings. The first kappa shape index (κ1) is 26.4. The van der Waals surface area contributed by atoms with Crippen LogP contribution < -0.4 is 10.6 Å². The minimum absolute atomic E-state index is 0.0637. The van der Waals surface area contributed by atoms with Crippen LogP contribution >= 0.6 is 12.2 Å². The molecule has 2 aromatic carbocycles. The molecule has 0 aliphatic carbocycles. The van der Waals surface area contributed by atoms with E-state index in [1.54, 1.807) is 12.3 Å². The maximum Gasteiger partial charge on any atom is 0.226 e. The van der Waals surface area contributed by atoms with E-state index in [4.69, 9.17) is 12.2 Å². The van der Waals surface area contributed by atoms with Crippen LogP contribution in [0.2, 0.25) is 0 Å². The summed E-state index contributed by atoms with van der Waals surface area (Å²) in [5.41, 5.74) is 7.60. The van der Waals surface area contributed by atoms with Crippen LogP contribution in [-0.4, -0.2) is 37.1 Å². The van der Waals surface area contributed by atoms with Crippen molar-refractivity contribution in [1.82, 2.24) is 19.8 Å². The number of carbonyl (C=O) groups is 1. The lowest BCUT2D eigenvalue weighted by atomic mass is 9.96. The molecular formula is C31H33N5O2S. The standard InChI is InChI=1S/C31H33N5O2S/c1-19-12-13-20(2)25(17-19)33-28(38)14-16-35-30(29(34-31(35)39)24-9-7-8-15-32-24)23-18-21(3)36(22(23)4)26-10-5-6-11-27(26)37/h5-13,15,17-18,29-30,37H,14,16H2,1-4H3,(H,33,38)(H,34,39). The van der Waals surface area contributed by atoms with Gasteiger partial charge in [-0.3, -0.25) is 9.78 Å². The van der Waals surface area contributed by atoms with Crippen LogP contribution in [0.4, 0.5) is 5.69 Å². The van der Waals surface area contributed by atoms with Crippen LogP contribution in [0.25, 0.3) is 5.69 Å². The number of phenolic OH excluding ortho intramolecular Hbond substituents is 1. The number of aromatic hydroxyl groups is 1. The van der Waals surface area contributed by atoms with E-state index in [9.17, 15) is 9.90 Å². The third-order valence-electron chi connectivity index (χ3n) is 7.36. The molecule has 2 unspecified atom stereocenters. The van der Waals surface area contributed by atoms with Crippen LogP contribution in [0.3, 0.4) is 0 Å². The maximum atomic E-state index is 13.0. The fourth-order valence-corrected chi connectivity index (χ4v) is 5.73. The van der Waals surface area contributed by atoms with Gasteiger partial charge in [0.2, 0.25) is 5.91 Å². The Hall–Kier alpha value is -4.17. The number of thiocarbonyl (C=S) groups is 1. The van der Waals surface area contributed by atoms with E-state index in [0.29, 0.717) is 11.7 Å². The van der Waals surface area contributed by atoms with Crippen LogP contribution in [-0.2, 0) is 4.79 Å². The van der Waals surface area contributed by atoms with Gasteiger partial charge < -0.3 is 25.2 Å². The number of hydrogen-bond donors (Lipinski definition) is 3. The average Bonchev–Trinajstić information content (AvgIpc) is 3.40. The van der Waals surface area contributed by atoms with E-state index in [-0.39, 0.29) is 30.2 Å². The molecule has 1 aliphatic heterocycles. The number of carbonyl (C=O) groups excluding carboxylic acids is 1. The number of nitrogens with zero attached hydrogens (tertiary/aromatic N) is 3. The zero-order valence-electron chi connectivity index (χ0n) is 22.6. The quantitative estimate of drug-likeness (QED) is 0.257. The van der Waals surface area contributed by atoms with Gasteiger partial charge in [-0.25, -0.2) is 0 Å². The highest BCUT2D eigenvalue weighted by Crippen LogP contribution is 2.42. The van der Waals surface area contributed by atoms with Crippen molar-refractivity contribution in [1.29, 1.82) is 0 Å². The van der Waals surface area contributed by atoms with Gasteiger partial charge in [-0.1, -0.05) is 30.3 Å². The Labute approximate surface area is 234 Å². The number of pyridine rings is 1. The average molecular weight is 540 g/mol. The number of benzene rings is 2. The van der Waals surface area contributed by atoms with Gasteiger partial charge in [0.15, 0.2) is 5.11 Å². The van der Waals surface area contributed by atoms with Crippen molar-refractivity contribution >= 4 is 28.9 Å². The lowest BCUT2D eigenvalue weighted by Crippen LogP contribution is -2.33. The van der Waals surface area contributed by atoms with Crippen molar-refractivity contribution in [2.24, 2.45) is 0 Å². The summed E-state index contributed by atoms with van der Waals surface area (Å²) in [6.45, 7) is 8.52. The highest BCUT2D eigenvalue weighted by molar-refractivity contribution is 7.80. The number of amides is 1. The van der Waals surface area contributed by atoms with E-state index >= 15 is 0 Å². The fraction of sp³-hybridized carbons (Fsp3) is 0.258. The molecule has 3 heterocycles. The number of phenols is 1. The number of aryl methyl sites for hydroxylation is 3. The van der Waals surface area contributed by atoms with Crippen molar-refractivity contribution < 1.29 is 9.90 Å². The molecule has 1 amide bonds. The third kappa shape index (κ3) is 5.25. The molecule has 0 bridgehead atoms. The predicted octanol–water partition coefficient (Wildman–Crippen LogP) is 5.81. The largest absolute Gasteiger partial charge is 0.506 e. The zero-order valence-corrected chi connectivity index (χ0v) is 23.4. The van der Waals surface area contributed by atoms with E-state index in [1.165, 1.54) is 0 Å². The number of nitrogens with one attached hydrogen (secondary N) is 2. The number of anilines is 1. The van der Waals surface area contributed by atoms with Gasteiger partial charge in [-0.2, -0.15) is 0 Å². The van der Waals surface area contributed by atoms with Gasteiger partial charge in [-0.05, 0) is 93.0 Å². The molecule has 2 atom stereocenters. The first-order chi connectivity index (χ1) is 18.7. The second-order valence-electron chi connectivity index (χ2n) is 10.1. The van der Waals surface area contributed by atoms with Gasteiger partial charge in [0.1, 0.15) is 5.75 Å². The summed E-state index contributed by atoms with van der Waals surface area (Å²) in [5.74, 6) is 0.151. The number of aromatic nitrogens is 2. The molecule has 4 aromatic rings. The Morgan fingerprint density at radius 3 is 2.56 bits per heavy atom. The topological polar surface area (TPSA) is 82.4 Å². The molecule has 5 rings (SSSR count). The molecule has 3 N–H and O–H groups in total. The van der Waals surface area contributed by atoms with Gasteiger partial charge in [-0.15, -0.1) is 0 Å². The van der Waals surface area contributed by atoms with Crippen LogP contribution in [0.5, 0.6) is 5.75 Å². The van der Waals surface area contributed by atoms with E-state index in [0.717, 1.165) is 45.1 Å². The maximum absolute atomic E-state index is 13.0. The predicted molar refractivity (Wildman–Crippen MR) is 158 cm³/mol. The molecule has 0 spiro atoms. The number of para-hydroxylation sites is 2. The summed E-state index contributed by atoms with van der Waals surface area (Å²) in [6.07, 6.45) is 2.06. The van der Waals surface area contributed by atoms with E-state index in [1.807, 2.05) is 75.4 Å². The Kier molecular flexibility index (Phi) is 7.39. The minimum atomic E-state index is -0.195. The van der Waals surface area contributed by atoms with Crippen LogP contribution in [0.1, 0.15) is 52.3 Å². The van der Waals surface area contributed by atoms with Crippen molar-refractivity contribution in [3.05, 3.63) is 107 Å². The zero-order chi connectivity index (χ0) is 27.7. The highest BCUT2D eigenvalue weighted by atomic mass is 32.1. The molecule has 0 saturated carbocycles. The smallest absolute Gasteiger partial charge is 0.226 e. The number of rotatable bonds is 7. The van der Waals surface area contributed by atoms with Crippen LogP contribution in [0.15, 0.2) is 72.9 Å². The Bertz CT molecular complexity index is 1530. The molecule has 1 saturated heterocycles. The van der Waals surface area contributed by atoms with Crippen molar-refractivity contribution in [3.63, 3.8) is 0 Å². The second-order valence-corrected chi connectivity index (χ2v) is 10.5. The van der Waals surface area contributed by atoms with Gasteiger partial charge >= 0.3 is 0 Å². The van der Waals surface area contributed by atoms with Crippen molar-refractivity contribution in [2.45, 2.75) is 46.2 Å². The Balaban J connectivity index is 1.48. The Morgan fingerprint density at radius 1 is 1.05 bits per heavy atom. The SMILES string of the molecule is Cc1ccc(C)c(NC(=O)CCN2C(=S)NC(c3ccccn3)C2c2cc(C)n(-c3ccccc3O)c2C)c1. The van der Waals surface area contributed by atoms with Crippen LogP contribution in [0, 0.1) is 27.7 Å². The monoisotopic (exact) mass is 539 g/mol. The van der Waals surface area contributed by atoms with E-state index in [2.05, 4.69) is 38.1 Å². The summed E-state index contributed by atoms with van der Waals surface area (Å²) in [6, 6.07) is 21.0. The fourth-order valence-electron chi connectivity index (χ4n) is 5.40. The minimum Gasteiger partial charge on any atom is -0.506 e. The Morgan fingerprint density at radius 2 is 1.82 bits per heavy atom. The molecule has 2 aromatic heterocycles. The third-order valence-corrected chi connectivity index (χ3v) is 7.71. The summed E-state index contributed by atoms with van der Waals surface area (Å²) < 4.78 is 2.06. The van der Waals surface area contributed by atoms with Crippen molar-refractivity contribution in [2.75, 3.05) is 11.9 Å². The summed E-state index contributed by atoms with van der Waals surface area (Å²) >= 11 is 5.82. The molecule has 7 nitrogen and oxygen atoms in total. The van der Waals surface area contributed by atoms with E-state index < -0.39 is 0 Å². The van der Waals surface area contributed by atoms with Gasteiger partial charge in [0.25, 0.3) is 0 Å².